The number of carbonyl (C=O) groups excluding carboxylic acids is 2. The molecule has 1 aliphatic rings. The lowest BCUT2D eigenvalue weighted by atomic mass is 10.1. The number of rotatable bonds is 3. The summed E-state index contributed by atoms with van der Waals surface area (Å²) in [6.07, 6.45) is 3.68. The first kappa shape index (κ1) is 14.5. The number of pyridine rings is 1. The van der Waals surface area contributed by atoms with Crippen molar-refractivity contribution < 1.29 is 9.59 Å². The third-order valence-electron chi connectivity index (χ3n) is 3.61. The number of benzene rings is 1. The van der Waals surface area contributed by atoms with Crippen LogP contribution in [0.4, 0.5) is 11.4 Å². The average molecular weight is 316 g/mol. The quantitative estimate of drug-likeness (QED) is 0.886. The van der Waals surface area contributed by atoms with Gasteiger partial charge in [0.15, 0.2) is 0 Å². The van der Waals surface area contributed by atoms with Crippen LogP contribution in [-0.4, -0.2) is 23.3 Å². The molecule has 0 radical (unpaired) electrons. The van der Waals surface area contributed by atoms with Crippen LogP contribution in [0.3, 0.4) is 0 Å². The molecule has 1 aromatic carbocycles. The molecule has 1 N–H and O–H groups in total. The van der Waals surface area contributed by atoms with Crippen molar-refractivity contribution in [2.75, 3.05) is 16.8 Å². The molecule has 6 heteroatoms. The molecular formula is C16H14ClN3O2. The van der Waals surface area contributed by atoms with E-state index >= 15 is 0 Å². The SMILES string of the molecule is O=C(Nc1ccncc1)C1CCN(c2ccc(Cl)cc2)C1=O. The van der Waals surface area contributed by atoms with Crippen LogP contribution in [-0.2, 0) is 9.59 Å². The van der Waals surface area contributed by atoms with Gasteiger partial charge in [-0.3, -0.25) is 14.6 Å². The van der Waals surface area contributed by atoms with E-state index in [-0.39, 0.29) is 11.8 Å². The molecule has 2 heterocycles. The Morgan fingerprint density at radius 3 is 2.55 bits per heavy atom. The summed E-state index contributed by atoms with van der Waals surface area (Å²) in [5, 5.41) is 3.36. The predicted octanol–water partition coefficient (Wildman–Crippen LogP) is 2.73. The van der Waals surface area contributed by atoms with Crippen LogP contribution in [0.5, 0.6) is 0 Å². The van der Waals surface area contributed by atoms with Gasteiger partial charge in [0.2, 0.25) is 11.8 Å². The minimum absolute atomic E-state index is 0.186. The number of amides is 2. The largest absolute Gasteiger partial charge is 0.325 e. The molecule has 0 bridgehead atoms. The number of anilines is 2. The van der Waals surface area contributed by atoms with Crippen LogP contribution in [0.2, 0.25) is 5.02 Å². The van der Waals surface area contributed by atoms with Crippen LogP contribution in [0.1, 0.15) is 6.42 Å². The molecule has 1 atom stereocenters. The number of aromatic nitrogens is 1. The maximum absolute atomic E-state index is 12.4. The predicted molar refractivity (Wildman–Crippen MR) is 84.8 cm³/mol. The van der Waals surface area contributed by atoms with E-state index in [2.05, 4.69) is 10.3 Å². The van der Waals surface area contributed by atoms with Crippen molar-refractivity contribution in [3.8, 4) is 0 Å². The fraction of sp³-hybridized carbons (Fsp3) is 0.188. The van der Waals surface area contributed by atoms with E-state index in [9.17, 15) is 9.59 Å². The summed E-state index contributed by atoms with van der Waals surface area (Å²) in [5.74, 6) is -1.13. The molecule has 0 saturated carbocycles. The fourth-order valence-corrected chi connectivity index (χ4v) is 2.59. The number of hydrogen-bond acceptors (Lipinski definition) is 3. The van der Waals surface area contributed by atoms with Crippen molar-refractivity contribution in [2.45, 2.75) is 6.42 Å². The fourth-order valence-electron chi connectivity index (χ4n) is 2.47. The molecular weight excluding hydrogens is 302 g/mol. The van der Waals surface area contributed by atoms with Crippen molar-refractivity contribution in [3.63, 3.8) is 0 Å². The summed E-state index contributed by atoms with van der Waals surface area (Å²) >= 11 is 5.85. The molecule has 5 nitrogen and oxygen atoms in total. The first-order chi connectivity index (χ1) is 10.6. The summed E-state index contributed by atoms with van der Waals surface area (Å²) in [6.45, 7) is 0.523. The Labute approximate surface area is 132 Å². The summed E-state index contributed by atoms with van der Waals surface area (Å²) in [7, 11) is 0. The molecule has 1 saturated heterocycles. The standard InChI is InChI=1S/C16H14ClN3O2/c17-11-1-3-13(4-2-11)20-10-7-14(16(20)22)15(21)19-12-5-8-18-9-6-12/h1-6,8-9,14H,7,10H2,(H,18,19,21). The highest BCUT2D eigenvalue weighted by Crippen LogP contribution is 2.27. The van der Waals surface area contributed by atoms with Gasteiger partial charge in [-0.2, -0.15) is 0 Å². The van der Waals surface area contributed by atoms with Crippen molar-refractivity contribution in [1.29, 1.82) is 0 Å². The number of nitrogens with one attached hydrogen (secondary N) is 1. The van der Waals surface area contributed by atoms with Crippen molar-refractivity contribution in [3.05, 3.63) is 53.8 Å². The van der Waals surface area contributed by atoms with Gasteiger partial charge >= 0.3 is 0 Å². The molecule has 0 spiro atoms. The summed E-state index contributed by atoms with van der Waals surface area (Å²) in [5.41, 5.74) is 1.39. The zero-order chi connectivity index (χ0) is 15.5. The molecule has 2 aromatic rings. The lowest BCUT2D eigenvalue weighted by molar-refractivity contribution is -0.129. The zero-order valence-electron chi connectivity index (χ0n) is 11.7. The Morgan fingerprint density at radius 1 is 1.18 bits per heavy atom. The van der Waals surface area contributed by atoms with Gasteiger partial charge in [-0.1, -0.05) is 11.6 Å². The van der Waals surface area contributed by atoms with E-state index in [4.69, 9.17) is 11.6 Å². The summed E-state index contributed by atoms with van der Waals surface area (Å²) in [6, 6.07) is 10.4. The highest BCUT2D eigenvalue weighted by molar-refractivity contribution is 6.30. The van der Waals surface area contributed by atoms with Crippen molar-refractivity contribution in [2.24, 2.45) is 5.92 Å². The van der Waals surface area contributed by atoms with Crippen LogP contribution in [0.25, 0.3) is 0 Å². The van der Waals surface area contributed by atoms with Gasteiger partial charge in [0.25, 0.3) is 0 Å². The van der Waals surface area contributed by atoms with E-state index in [1.165, 1.54) is 0 Å². The Bertz CT molecular complexity index is 688. The smallest absolute Gasteiger partial charge is 0.239 e. The van der Waals surface area contributed by atoms with Gasteiger partial charge in [-0.05, 0) is 42.8 Å². The molecule has 1 unspecified atom stereocenters. The molecule has 22 heavy (non-hydrogen) atoms. The topological polar surface area (TPSA) is 62.3 Å². The number of carbonyl (C=O) groups is 2. The van der Waals surface area contributed by atoms with Crippen LogP contribution in [0, 0.1) is 5.92 Å². The van der Waals surface area contributed by atoms with Gasteiger partial charge in [0.05, 0.1) is 0 Å². The molecule has 3 rings (SSSR count). The normalized spacial score (nSPS) is 17.6. The third-order valence-corrected chi connectivity index (χ3v) is 3.86. The molecule has 1 aliphatic heterocycles. The maximum Gasteiger partial charge on any atom is 0.239 e. The van der Waals surface area contributed by atoms with Crippen molar-refractivity contribution >= 4 is 34.8 Å². The van der Waals surface area contributed by atoms with Gasteiger partial charge in [-0.15, -0.1) is 0 Å². The monoisotopic (exact) mass is 315 g/mol. The molecule has 1 fully saturated rings. The summed E-state index contributed by atoms with van der Waals surface area (Å²) in [4.78, 5) is 30.2. The lowest BCUT2D eigenvalue weighted by Crippen LogP contribution is -2.33. The third kappa shape index (κ3) is 2.94. The van der Waals surface area contributed by atoms with Crippen molar-refractivity contribution in [1.82, 2.24) is 4.98 Å². The van der Waals surface area contributed by atoms with E-state index in [0.29, 0.717) is 23.7 Å². The molecule has 2 amide bonds. The van der Waals surface area contributed by atoms with Crippen LogP contribution >= 0.6 is 11.6 Å². The minimum Gasteiger partial charge on any atom is -0.325 e. The Morgan fingerprint density at radius 2 is 1.86 bits per heavy atom. The minimum atomic E-state index is -0.663. The summed E-state index contributed by atoms with van der Waals surface area (Å²) < 4.78 is 0. The molecule has 0 aliphatic carbocycles. The second-order valence-electron chi connectivity index (χ2n) is 5.03. The van der Waals surface area contributed by atoms with Crippen LogP contribution < -0.4 is 10.2 Å². The maximum atomic E-state index is 12.4. The van der Waals surface area contributed by atoms with Gasteiger partial charge < -0.3 is 10.2 Å². The highest BCUT2D eigenvalue weighted by Gasteiger charge is 2.37. The zero-order valence-corrected chi connectivity index (χ0v) is 12.5. The number of halogens is 1. The van der Waals surface area contributed by atoms with E-state index in [0.717, 1.165) is 5.69 Å². The Balaban J connectivity index is 1.70. The lowest BCUT2D eigenvalue weighted by Gasteiger charge is -2.16. The second kappa shape index (κ2) is 6.15. The van der Waals surface area contributed by atoms with Crippen LogP contribution in [0.15, 0.2) is 48.8 Å². The molecule has 1 aromatic heterocycles. The van der Waals surface area contributed by atoms with E-state index in [1.807, 2.05) is 0 Å². The molecule has 112 valence electrons. The number of hydrogen-bond donors (Lipinski definition) is 1. The van der Waals surface area contributed by atoms with Gasteiger partial charge in [0, 0.05) is 35.3 Å². The van der Waals surface area contributed by atoms with Gasteiger partial charge in [0.1, 0.15) is 5.92 Å². The number of nitrogens with zero attached hydrogens (tertiary/aromatic N) is 2. The van der Waals surface area contributed by atoms with E-state index in [1.54, 1.807) is 53.7 Å². The first-order valence-corrected chi connectivity index (χ1v) is 7.31. The first-order valence-electron chi connectivity index (χ1n) is 6.93. The van der Waals surface area contributed by atoms with E-state index < -0.39 is 5.92 Å². The second-order valence-corrected chi connectivity index (χ2v) is 5.47. The Hall–Kier alpha value is -2.40. The average Bonchev–Trinajstić information content (AvgIpc) is 2.91. The van der Waals surface area contributed by atoms with Gasteiger partial charge in [-0.25, -0.2) is 0 Å². The Kier molecular flexibility index (Phi) is 4.06. The highest BCUT2D eigenvalue weighted by atomic mass is 35.5.